The summed E-state index contributed by atoms with van der Waals surface area (Å²) in [7, 11) is 0. The van der Waals surface area contributed by atoms with Gasteiger partial charge in [0.1, 0.15) is 0 Å². The van der Waals surface area contributed by atoms with Crippen molar-refractivity contribution in [2.45, 2.75) is 57.9 Å². The van der Waals surface area contributed by atoms with Gasteiger partial charge in [0.25, 0.3) is 0 Å². The van der Waals surface area contributed by atoms with Gasteiger partial charge in [0, 0.05) is 31.1 Å². The highest BCUT2D eigenvalue weighted by atomic mass is 79.9. The third-order valence-corrected chi connectivity index (χ3v) is 6.06. The molecule has 2 nitrogen and oxygen atoms in total. The van der Waals surface area contributed by atoms with Crippen molar-refractivity contribution in [1.29, 1.82) is 0 Å². The smallest absolute Gasteiger partial charge is 0.0472 e. The average molecular weight is 318 g/mol. The Balaban J connectivity index is 1.94. The van der Waals surface area contributed by atoms with Crippen LogP contribution in [0.25, 0.3) is 0 Å². The summed E-state index contributed by atoms with van der Waals surface area (Å²) in [5, 5.41) is 1.13. The van der Waals surface area contributed by atoms with Gasteiger partial charge in [0.05, 0.1) is 0 Å². The molecule has 1 heterocycles. The Morgan fingerprint density at radius 1 is 1.17 bits per heavy atom. The zero-order chi connectivity index (χ0) is 12.8. The monoisotopic (exact) mass is 317 g/mol. The molecule has 106 valence electrons. The second-order valence-corrected chi connectivity index (χ2v) is 6.66. The van der Waals surface area contributed by atoms with Gasteiger partial charge in [-0.15, -0.1) is 0 Å². The lowest BCUT2D eigenvalue weighted by atomic mass is 9.81. The van der Waals surface area contributed by atoms with Crippen LogP contribution in [-0.4, -0.2) is 42.6 Å². The molecule has 0 unspecified atom stereocenters. The summed E-state index contributed by atoms with van der Waals surface area (Å²) in [6.45, 7) is 6.71. The predicted molar refractivity (Wildman–Crippen MR) is 80.4 cm³/mol. The molecule has 1 saturated heterocycles. The van der Waals surface area contributed by atoms with Crippen LogP contribution >= 0.6 is 15.9 Å². The van der Waals surface area contributed by atoms with E-state index < -0.39 is 0 Å². The summed E-state index contributed by atoms with van der Waals surface area (Å²) in [5.74, 6) is 0. The van der Waals surface area contributed by atoms with E-state index in [1.807, 2.05) is 0 Å². The summed E-state index contributed by atoms with van der Waals surface area (Å²) in [5.41, 5.74) is 0.464. The van der Waals surface area contributed by atoms with Crippen molar-refractivity contribution in [2.75, 3.05) is 31.6 Å². The molecule has 3 heteroatoms. The van der Waals surface area contributed by atoms with Crippen LogP contribution in [0.4, 0.5) is 0 Å². The molecule has 0 amide bonds. The lowest BCUT2D eigenvalue weighted by Gasteiger charge is -2.43. The normalized spacial score (nSPS) is 25.5. The van der Waals surface area contributed by atoms with Crippen molar-refractivity contribution < 1.29 is 4.74 Å². The number of halogens is 1. The van der Waals surface area contributed by atoms with E-state index in [1.54, 1.807) is 0 Å². The molecule has 0 atom stereocenters. The third-order valence-electron chi connectivity index (χ3n) is 4.87. The van der Waals surface area contributed by atoms with Crippen LogP contribution in [0.1, 0.15) is 51.9 Å². The number of alkyl halides is 1. The zero-order valence-electron chi connectivity index (χ0n) is 11.8. The SMILES string of the molecule is CCN(CC1(CBr)CCOCC1)C1CCCCC1. The highest BCUT2D eigenvalue weighted by molar-refractivity contribution is 9.09. The maximum atomic E-state index is 5.55. The van der Waals surface area contributed by atoms with E-state index in [1.165, 1.54) is 58.0 Å². The summed E-state index contributed by atoms with van der Waals surface area (Å²) < 4.78 is 5.55. The van der Waals surface area contributed by atoms with Gasteiger partial charge >= 0.3 is 0 Å². The Bertz CT molecular complexity index is 235. The highest BCUT2D eigenvalue weighted by Gasteiger charge is 2.35. The summed E-state index contributed by atoms with van der Waals surface area (Å²) in [4.78, 5) is 2.76. The molecule has 0 spiro atoms. The first kappa shape index (κ1) is 14.8. The lowest BCUT2D eigenvalue weighted by Crippen LogP contribution is -2.47. The fourth-order valence-electron chi connectivity index (χ4n) is 3.51. The highest BCUT2D eigenvalue weighted by Crippen LogP contribution is 2.35. The molecule has 2 rings (SSSR count). The molecule has 1 aliphatic heterocycles. The Hall–Kier alpha value is 0.400. The quantitative estimate of drug-likeness (QED) is 0.714. The molecule has 18 heavy (non-hydrogen) atoms. The van der Waals surface area contributed by atoms with Crippen LogP contribution in [0.3, 0.4) is 0 Å². The zero-order valence-corrected chi connectivity index (χ0v) is 13.4. The van der Waals surface area contributed by atoms with Gasteiger partial charge in [0.15, 0.2) is 0 Å². The van der Waals surface area contributed by atoms with E-state index in [9.17, 15) is 0 Å². The van der Waals surface area contributed by atoms with Gasteiger partial charge in [0.2, 0.25) is 0 Å². The van der Waals surface area contributed by atoms with E-state index in [4.69, 9.17) is 4.74 Å². The minimum atomic E-state index is 0.464. The van der Waals surface area contributed by atoms with E-state index in [0.29, 0.717) is 5.41 Å². The van der Waals surface area contributed by atoms with Crippen molar-refractivity contribution in [3.63, 3.8) is 0 Å². The topological polar surface area (TPSA) is 12.5 Å². The van der Waals surface area contributed by atoms with Crippen LogP contribution in [0.15, 0.2) is 0 Å². The van der Waals surface area contributed by atoms with Gasteiger partial charge in [-0.05, 0) is 37.6 Å². The molecule has 1 aliphatic carbocycles. The molecule has 1 saturated carbocycles. The lowest BCUT2D eigenvalue weighted by molar-refractivity contribution is -0.00191. The first-order chi connectivity index (χ1) is 8.79. The minimum Gasteiger partial charge on any atom is -0.381 e. The summed E-state index contributed by atoms with van der Waals surface area (Å²) in [6, 6.07) is 0.850. The minimum absolute atomic E-state index is 0.464. The van der Waals surface area contributed by atoms with Crippen LogP contribution < -0.4 is 0 Å². The number of rotatable bonds is 5. The number of hydrogen-bond acceptors (Lipinski definition) is 2. The Labute approximate surface area is 121 Å². The molecule has 0 bridgehead atoms. The van der Waals surface area contributed by atoms with E-state index in [0.717, 1.165) is 24.6 Å². The molecule has 0 radical (unpaired) electrons. The van der Waals surface area contributed by atoms with Gasteiger partial charge in [-0.1, -0.05) is 42.1 Å². The van der Waals surface area contributed by atoms with E-state index in [-0.39, 0.29) is 0 Å². The third kappa shape index (κ3) is 3.71. The predicted octanol–water partition coefficient (Wildman–Crippen LogP) is 3.83. The van der Waals surface area contributed by atoms with Crippen LogP contribution in [-0.2, 0) is 4.74 Å². The van der Waals surface area contributed by atoms with Gasteiger partial charge in [-0.3, -0.25) is 0 Å². The van der Waals surface area contributed by atoms with Gasteiger partial charge in [-0.25, -0.2) is 0 Å². The maximum absolute atomic E-state index is 5.55. The van der Waals surface area contributed by atoms with E-state index >= 15 is 0 Å². The molecule has 0 aromatic heterocycles. The number of nitrogens with zero attached hydrogens (tertiary/aromatic N) is 1. The molecule has 0 N–H and O–H groups in total. The maximum Gasteiger partial charge on any atom is 0.0472 e. The Morgan fingerprint density at radius 2 is 1.83 bits per heavy atom. The average Bonchev–Trinajstić information content (AvgIpc) is 2.47. The Morgan fingerprint density at radius 3 is 2.39 bits per heavy atom. The fraction of sp³-hybridized carbons (Fsp3) is 1.00. The Kier molecular flexibility index (Phi) is 5.96. The summed E-state index contributed by atoms with van der Waals surface area (Å²) >= 11 is 3.77. The largest absolute Gasteiger partial charge is 0.381 e. The number of ether oxygens (including phenoxy) is 1. The van der Waals surface area contributed by atoms with Crippen LogP contribution in [0.5, 0.6) is 0 Å². The molecular formula is C15H28BrNO. The second kappa shape index (κ2) is 7.25. The molecule has 2 fully saturated rings. The fourth-order valence-corrected chi connectivity index (χ4v) is 4.25. The molecule has 0 aromatic carbocycles. The van der Waals surface area contributed by atoms with Crippen LogP contribution in [0, 0.1) is 5.41 Å². The van der Waals surface area contributed by atoms with Crippen molar-refractivity contribution >= 4 is 15.9 Å². The molecular weight excluding hydrogens is 290 g/mol. The second-order valence-electron chi connectivity index (χ2n) is 6.10. The standard InChI is InChI=1S/C15H28BrNO/c1-2-17(14-6-4-3-5-7-14)13-15(12-16)8-10-18-11-9-15/h14H,2-13H2,1H3. The van der Waals surface area contributed by atoms with Gasteiger partial charge in [-0.2, -0.15) is 0 Å². The summed E-state index contributed by atoms with van der Waals surface area (Å²) in [6.07, 6.45) is 9.61. The first-order valence-electron chi connectivity index (χ1n) is 7.67. The van der Waals surface area contributed by atoms with Crippen LogP contribution in [0.2, 0.25) is 0 Å². The number of hydrogen-bond donors (Lipinski definition) is 0. The van der Waals surface area contributed by atoms with Crippen molar-refractivity contribution in [2.24, 2.45) is 5.41 Å². The van der Waals surface area contributed by atoms with E-state index in [2.05, 4.69) is 27.8 Å². The molecule has 0 aromatic rings. The van der Waals surface area contributed by atoms with Crippen molar-refractivity contribution in [1.82, 2.24) is 4.90 Å². The van der Waals surface area contributed by atoms with Crippen molar-refractivity contribution in [3.8, 4) is 0 Å². The van der Waals surface area contributed by atoms with Crippen molar-refractivity contribution in [3.05, 3.63) is 0 Å². The van der Waals surface area contributed by atoms with Gasteiger partial charge < -0.3 is 9.64 Å². The first-order valence-corrected chi connectivity index (χ1v) is 8.79. The molecule has 2 aliphatic rings.